The summed E-state index contributed by atoms with van der Waals surface area (Å²) in [5.41, 5.74) is 2.23. The average Bonchev–Trinajstić information content (AvgIpc) is 2.75. The van der Waals surface area contributed by atoms with Crippen LogP contribution in [0.1, 0.15) is 5.56 Å². The molecule has 1 saturated heterocycles. The number of nitro benzene ring substituents is 1. The van der Waals surface area contributed by atoms with Gasteiger partial charge in [-0.3, -0.25) is 10.1 Å². The van der Waals surface area contributed by atoms with Crippen LogP contribution in [-0.2, 0) is 6.54 Å². The Morgan fingerprint density at radius 2 is 1.72 bits per heavy atom. The number of nitrogens with zero attached hydrogens (tertiary/aromatic N) is 2. The lowest BCUT2D eigenvalue weighted by Gasteiger charge is -2.34. The number of non-ortho nitro benzene ring substituents is 1. The summed E-state index contributed by atoms with van der Waals surface area (Å²) in [5, 5.41) is 17.2. The standard InChI is InChI=1S/C22H22N4O2S/c27-26(28)20-10-8-19(9-11-20)23-22(29)25-14-12-24(13-15-25)16-18-6-3-5-17-4-1-2-7-21(17)18/h1-11H,12-16H2,(H,23,29)/p+1. The van der Waals surface area contributed by atoms with Gasteiger partial charge in [-0.1, -0.05) is 42.5 Å². The van der Waals surface area contributed by atoms with Gasteiger partial charge in [-0.2, -0.15) is 0 Å². The van der Waals surface area contributed by atoms with Crippen LogP contribution in [-0.4, -0.2) is 41.1 Å². The van der Waals surface area contributed by atoms with Crippen LogP contribution in [0.2, 0.25) is 0 Å². The molecule has 1 aliphatic heterocycles. The van der Waals surface area contributed by atoms with Crippen molar-refractivity contribution >= 4 is 39.5 Å². The summed E-state index contributed by atoms with van der Waals surface area (Å²) in [7, 11) is 0. The molecule has 4 rings (SSSR count). The summed E-state index contributed by atoms with van der Waals surface area (Å²) in [4.78, 5) is 14.1. The van der Waals surface area contributed by atoms with Crippen LogP contribution in [0.3, 0.4) is 0 Å². The van der Waals surface area contributed by atoms with Gasteiger partial charge < -0.3 is 15.1 Å². The molecular formula is C22H23N4O2S+. The van der Waals surface area contributed by atoms with Crippen LogP contribution in [0.4, 0.5) is 11.4 Å². The van der Waals surface area contributed by atoms with Crippen molar-refractivity contribution < 1.29 is 9.82 Å². The van der Waals surface area contributed by atoms with E-state index in [4.69, 9.17) is 12.2 Å². The molecule has 3 aromatic rings. The molecule has 2 N–H and O–H groups in total. The number of hydrogen-bond donors (Lipinski definition) is 2. The molecule has 0 atom stereocenters. The normalized spacial score (nSPS) is 14.7. The maximum Gasteiger partial charge on any atom is 0.269 e. The third-order valence-corrected chi connectivity index (χ3v) is 5.77. The fourth-order valence-corrected chi connectivity index (χ4v) is 4.09. The predicted molar refractivity (Wildman–Crippen MR) is 119 cm³/mol. The van der Waals surface area contributed by atoms with Gasteiger partial charge in [0.25, 0.3) is 5.69 Å². The number of thiocarbonyl (C=S) groups is 1. The van der Waals surface area contributed by atoms with Crippen LogP contribution < -0.4 is 10.2 Å². The van der Waals surface area contributed by atoms with Crippen molar-refractivity contribution in [3.05, 3.63) is 82.4 Å². The highest BCUT2D eigenvalue weighted by Crippen LogP contribution is 2.18. The molecule has 0 amide bonds. The SMILES string of the molecule is O=[N+]([O-])c1ccc(NC(=S)N2CC[NH+](Cc3cccc4ccccc34)CC2)cc1. The predicted octanol–water partition coefficient (Wildman–Crippen LogP) is 2.85. The third kappa shape index (κ3) is 4.52. The number of fused-ring (bicyclic) bond motifs is 1. The number of hydrogen-bond acceptors (Lipinski definition) is 3. The average molecular weight is 408 g/mol. The summed E-state index contributed by atoms with van der Waals surface area (Å²) in [6, 6.07) is 21.4. The van der Waals surface area contributed by atoms with Gasteiger partial charge in [0.1, 0.15) is 6.54 Å². The molecule has 6 nitrogen and oxygen atoms in total. The molecule has 148 valence electrons. The van der Waals surface area contributed by atoms with E-state index in [2.05, 4.69) is 52.7 Å². The van der Waals surface area contributed by atoms with Crippen LogP contribution >= 0.6 is 12.2 Å². The Kier molecular flexibility index (Phi) is 5.69. The van der Waals surface area contributed by atoms with Crippen LogP contribution in [0.15, 0.2) is 66.7 Å². The van der Waals surface area contributed by atoms with E-state index in [1.54, 1.807) is 17.0 Å². The maximum absolute atomic E-state index is 10.8. The zero-order valence-electron chi connectivity index (χ0n) is 16.0. The number of anilines is 1. The first-order chi connectivity index (χ1) is 14.1. The first kappa shape index (κ1) is 19.3. The van der Waals surface area contributed by atoms with Crippen molar-refractivity contribution in [2.24, 2.45) is 0 Å². The van der Waals surface area contributed by atoms with Gasteiger partial charge in [-0.25, -0.2) is 0 Å². The molecule has 7 heteroatoms. The minimum absolute atomic E-state index is 0.0760. The maximum atomic E-state index is 10.8. The van der Waals surface area contributed by atoms with Crippen LogP contribution in [0.25, 0.3) is 10.8 Å². The monoisotopic (exact) mass is 407 g/mol. The summed E-state index contributed by atoms with van der Waals surface area (Å²) in [6.45, 7) is 4.83. The molecule has 29 heavy (non-hydrogen) atoms. The summed E-state index contributed by atoms with van der Waals surface area (Å²) >= 11 is 5.54. The first-order valence-electron chi connectivity index (χ1n) is 9.71. The van der Waals surface area contributed by atoms with E-state index < -0.39 is 4.92 Å². The molecule has 1 aliphatic rings. The molecule has 0 bridgehead atoms. The number of rotatable bonds is 4. The van der Waals surface area contributed by atoms with Gasteiger partial charge in [0.2, 0.25) is 0 Å². The van der Waals surface area contributed by atoms with Crippen LogP contribution in [0.5, 0.6) is 0 Å². The van der Waals surface area contributed by atoms with Crippen molar-refractivity contribution in [2.45, 2.75) is 6.54 Å². The van der Waals surface area contributed by atoms with Gasteiger partial charge in [-0.15, -0.1) is 0 Å². The molecule has 0 aromatic heterocycles. The number of nitrogens with one attached hydrogen (secondary N) is 2. The smallest absolute Gasteiger partial charge is 0.269 e. The fraction of sp³-hybridized carbons (Fsp3) is 0.227. The highest BCUT2D eigenvalue weighted by atomic mass is 32.1. The molecule has 3 aromatic carbocycles. The Labute approximate surface area is 174 Å². The fourth-order valence-electron chi connectivity index (χ4n) is 3.79. The molecule has 0 unspecified atom stereocenters. The van der Waals surface area contributed by atoms with E-state index in [9.17, 15) is 10.1 Å². The van der Waals surface area contributed by atoms with Crippen molar-refractivity contribution in [2.75, 3.05) is 31.5 Å². The van der Waals surface area contributed by atoms with Crippen molar-refractivity contribution in [1.82, 2.24) is 4.90 Å². The lowest BCUT2D eigenvalue weighted by atomic mass is 10.0. The van der Waals surface area contributed by atoms with Crippen molar-refractivity contribution in [1.29, 1.82) is 0 Å². The van der Waals surface area contributed by atoms with E-state index >= 15 is 0 Å². The van der Waals surface area contributed by atoms with E-state index in [1.165, 1.54) is 28.5 Å². The second-order valence-electron chi connectivity index (χ2n) is 7.29. The number of piperazine rings is 1. The highest BCUT2D eigenvalue weighted by Gasteiger charge is 2.22. The van der Waals surface area contributed by atoms with E-state index in [0.717, 1.165) is 38.4 Å². The Morgan fingerprint density at radius 3 is 2.45 bits per heavy atom. The van der Waals surface area contributed by atoms with Crippen molar-refractivity contribution in [3.8, 4) is 0 Å². The van der Waals surface area contributed by atoms with Gasteiger partial charge in [0.15, 0.2) is 5.11 Å². The Bertz CT molecular complexity index is 1030. The van der Waals surface area contributed by atoms with Crippen molar-refractivity contribution in [3.63, 3.8) is 0 Å². The second kappa shape index (κ2) is 8.55. The molecule has 1 heterocycles. The van der Waals surface area contributed by atoms with Gasteiger partial charge in [0.05, 0.1) is 31.1 Å². The second-order valence-corrected chi connectivity index (χ2v) is 7.67. The zero-order chi connectivity index (χ0) is 20.2. The molecule has 1 fully saturated rings. The lowest BCUT2D eigenvalue weighted by molar-refractivity contribution is -0.917. The molecule has 0 spiro atoms. The summed E-state index contributed by atoms with van der Waals surface area (Å²) in [5.74, 6) is 0. The molecule has 0 radical (unpaired) electrons. The number of quaternary nitrogens is 1. The lowest BCUT2D eigenvalue weighted by Crippen LogP contribution is -3.13. The van der Waals surface area contributed by atoms with E-state index in [1.807, 2.05) is 0 Å². The Balaban J connectivity index is 1.33. The molecule has 0 aliphatic carbocycles. The summed E-state index contributed by atoms with van der Waals surface area (Å²) in [6.07, 6.45) is 0. The quantitative estimate of drug-likeness (QED) is 0.396. The number of benzene rings is 3. The topological polar surface area (TPSA) is 62.9 Å². The van der Waals surface area contributed by atoms with E-state index in [-0.39, 0.29) is 5.69 Å². The van der Waals surface area contributed by atoms with Gasteiger partial charge in [-0.05, 0) is 35.1 Å². The number of nitro groups is 1. The first-order valence-corrected chi connectivity index (χ1v) is 10.1. The molecule has 0 saturated carbocycles. The minimum atomic E-state index is -0.403. The zero-order valence-corrected chi connectivity index (χ0v) is 16.8. The minimum Gasteiger partial charge on any atom is -0.338 e. The Hall–Kier alpha value is -3.03. The Morgan fingerprint density at radius 1 is 1.03 bits per heavy atom. The molecular weight excluding hydrogens is 384 g/mol. The largest absolute Gasteiger partial charge is 0.338 e. The third-order valence-electron chi connectivity index (χ3n) is 5.41. The van der Waals surface area contributed by atoms with Gasteiger partial charge in [0, 0.05) is 23.4 Å². The highest BCUT2D eigenvalue weighted by molar-refractivity contribution is 7.80. The van der Waals surface area contributed by atoms with Gasteiger partial charge >= 0.3 is 0 Å². The summed E-state index contributed by atoms with van der Waals surface area (Å²) < 4.78 is 0. The van der Waals surface area contributed by atoms with Crippen LogP contribution in [0, 0.1) is 10.1 Å². The van der Waals surface area contributed by atoms with E-state index in [0.29, 0.717) is 5.11 Å².